The van der Waals surface area contributed by atoms with Crippen molar-refractivity contribution in [3.63, 3.8) is 0 Å². The van der Waals surface area contributed by atoms with Crippen molar-refractivity contribution in [2.75, 3.05) is 20.8 Å². The number of hydrogen-bond donors (Lipinski definition) is 0. The largest absolute Gasteiger partial charge is 0.493 e. The average molecular weight is 328 g/mol. The minimum Gasteiger partial charge on any atom is -0.493 e. The molecule has 0 radical (unpaired) electrons. The highest BCUT2D eigenvalue weighted by Gasteiger charge is 2.53. The lowest BCUT2D eigenvalue weighted by Crippen LogP contribution is -2.35. The monoisotopic (exact) mass is 328 g/mol. The van der Waals surface area contributed by atoms with Crippen LogP contribution in [0.25, 0.3) is 0 Å². The molecule has 0 N–H and O–H groups in total. The van der Waals surface area contributed by atoms with Crippen LogP contribution in [0.4, 0.5) is 0 Å². The number of fused-ring (bicyclic) bond motifs is 2. The lowest BCUT2D eigenvalue weighted by atomic mass is 9.70. The summed E-state index contributed by atoms with van der Waals surface area (Å²) in [6.07, 6.45) is 1.49. The maximum atomic E-state index is 12.6. The Labute approximate surface area is 138 Å². The summed E-state index contributed by atoms with van der Waals surface area (Å²) in [6.45, 7) is 0.122. The van der Waals surface area contributed by atoms with Gasteiger partial charge in [0.15, 0.2) is 17.3 Å². The van der Waals surface area contributed by atoms with E-state index in [4.69, 9.17) is 18.6 Å². The first kappa shape index (κ1) is 14.8. The first-order chi connectivity index (χ1) is 11.7. The zero-order chi connectivity index (χ0) is 16.8. The van der Waals surface area contributed by atoms with Gasteiger partial charge in [0.25, 0.3) is 0 Å². The molecule has 6 heteroatoms. The summed E-state index contributed by atoms with van der Waals surface area (Å²) in [5.74, 6) is -0.224. The molecule has 3 atom stereocenters. The van der Waals surface area contributed by atoms with Gasteiger partial charge in [-0.15, -0.1) is 0 Å². The molecule has 2 aromatic rings. The van der Waals surface area contributed by atoms with Crippen LogP contribution in [-0.4, -0.2) is 32.6 Å². The van der Waals surface area contributed by atoms with Crippen LogP contribution in [0.2, 0.25) is 0 Å². The van der Waals surface area contributed by atoms with Crippen molar-refractivity contribution in [1.82, 2.24) is 0 Å². The van der Waals surface area contributed by atoms with E-state index in [-0.39, 0.29) is 24.3 Å². The third-order valence-electron chi connectivity index (χ3n) is 4.82. The molecule has 1 aliphatic carbocycles. The minimum absolute atomic E-state index is 0.0914. The van der Waals surface area contributed by atoms with Crippen molar-refractivity contribution in [3.05, 3.63) is 47.4 Å². The number of carbonyl (C=O) groups excluding carboxylic acids is 2. The molecular formula is C18H16O6. The van der Waals surface area contributed by atoms with Crippen molar-refractivity contribution < 1.29 is 28.2 Å². The lowest BCUT2D eigenvalue weighted by molar-refractivity contribution is -0.141. The number of methoxy groups -OCH3 is 2. The molecule has 0 spiro atoms. The Balaban J connectivity index is 1.88. The fourth-order valence-corrected chi connectivity index (χ4v) is 3.68. The molecule has 3 unspecified atom stereocenters. The number of esters is 1. The number of carbonyl (C=O) groups is 2. The number of benzene rings is 1. The van der Waals surface area contributed by atoms with E-state index in [1.54, 1.807) is 26.4 Å². The van der Waals surface area contributed by atoms with Gasteiger partial charge in [-0.25, -0.2) is 0 Å². The quantitative estimate of drug-likeness (QED) is 0.806. The molecule has 4 rings (SSSR count). The third-order valence-corrected chi connectivity index (χ3v) is 4.82. The van der Waals surface area contributed by atoms with E-state index in [2.05, 4.69) is 0 Å². The molecule has 1 fully saturated rings. The van der Waals surface area contributed by atoms with Crippen LogP contribution in [0.15, 0.2) is 34.9 Å². The predicted octanol–water partition coefficient (Wildman–Crippen LogP) is 2.41. The van der Waals surface area contributed by atoms with Crippen LogP contribution in [-0.2, 0) is 9.53 Å². The SMILES string of the molecule is COc1ccc(C2c3occc3C(=O)C3COC(=O)C32)cc1OC. The molecule has 0 bridgehead atoms. The third kappa shape index (κ3) is 1.95. The molecule has 1 aromatic heterocycles. The predicted molar refractivity (Wildman–Crippen MR) is 82.4 cm³/mol. The van der Waals surface area contributed by atoms with Gasteiger partial charge in [0.2, 0.25) is 0 Å². The second kappa shape index (κ2) is 5.40. The lowest BCUT2D eigenvalue weighted by Gasteiger charge is -2.29. The van der Waals surface area contributed by atoms with E-state index in [0.29, 0.717) is 22.8 Å². The molecule has 1 saturated heterocycles. The maximum Gasteiger partial charge on any atom is 0.310 e. The average Bonchev–Trinajstić information content (AvgIpc) is 3.23. The van der Waals surface area contributed by atoms with Crippen molar-refractivity contribution >= 4 is 11.8 Å². The van der Waals surface area contributed by atoms with Gasteiger partial charge < -0.3 is 18.6 Å². The maximum absolute atomic E-state index is 12.6. The van der Waals surface area contributed by atoms with Crippen LogP contribution in [0, 0.1) is 11.8 Å². The van der Waals surface area contributed by atoms with E-state index < -0.39 is 11.8 Å². The number of cyclic esters (lactones) is 1. The molecule has 2 aliphatic rings. The minimum atomic E-state index is -0.575. The van der Waals surface area contributed by atoms with Crippen molar-refractivity contribution in [3.8, 4) is 11.5 Å². The number of furan rings is 1. The number of rotatable bonds is 3. The van der Waals surface area contributed by atoms with Gasteiger partial charge in [-0.05, 0) is 23.8 Å². The summed E-state index contributed by atoms with van der Waals surface area (Å²) in [5.41, 5.74) is 1.35. The fraction of sp³-hybridized carbons (Fsp3) is 0.333. The fourth-order valence-electron chi connectivity index (χ4n) is 3.68. The van der Waals surface area contributed by atoms with E-state index in [0.717, 1.165) is 5.56 Å². The number of hydrogen-bond acceptors (Lipinski definition) is 6. The summed E-state index contributed by atoms with van der Waals surface area (Å²) in [5, 5.41) is 0. The molecule has 1 aromatic carbocycles. The Bertz CT molecular complexity index is 821. The van der Waals surface area contributed by atoms with Gasteiger partial charge in [-0.3, -0.25) is 9.59 Å². The molecule has 124 valence electrons. The molecule has 24 heavy (non-hydrogen) atoms. The summed E-state index contributed by atoms with van der Waals surface area (Å²) in [6, 6.07) is 7.11. The first-order valence-electron chi connectivity index (χ1n) is 7.66. The Hall–Kier alpha value is -2.76. The molecule has 2 heterocycles. The van der Waals surface area contributed by atoms with Crippen LogP contribution < -0.4 is 9.47 Å². The summed E-state index contributed by atoms with van der Waals surface area (Å²) >= 11 is 0. The standard InChI is InChI=1S/C18H16O6/c1-21-12-4-3-9(7-13(12)22-2)14-15-11(8-24-18(15)20)16(19)10-5-6-23-17(10)14/h3-7,11,14-15H,8H2,1-2H3. The Morgan fingerprint density at radius 1 is 1.08 bits per heavy atom. The van der Waals surface area contributed by atoms with Crippen molar-refractivity contribution in [1.29, 1.82) is 0 Å². The van der Waals surface area contributed by atoms with E-state index in [9.17, 15) is 9.59 Å². The van der Waals surface area contributed by atoms with Crippen LogP contribution in [0.5, 0.6) is 11.5 Å². The molecule has 6 nitrogen and oxygen atoms in total. The smallest absolute Gasteiger partial charge is 0.310 e. The van der Waals surface area contributed by atoms with Crippen LogP contribution in [0.1, 0.15) is 27.6 Å². The molecule has 0 saturated carbocycles. The summed E-state index contributed by atoms with van der Waals surface area (Å²) in [4.78, 5) is 24.8. The molecule has 0 amide bonds. The second-order valence-electron chi connectivity index (χ2n) is 5.92. The van der Waals surface area contributed by atoms with E-state index >= 15 is 0 Å². The Morgan fingerprint density at radius 3 is 2.62 bits per heavy atom. The topological polar surface area (TPSA) is 75.0 Å². The second-order valence-corrected chi connectivity index (χ2v) is 5.92. The summed E-state index contributed by atoms with van der Waals surface area (Å²) < 4.78 is 21.4. The normalized spacial score (nSPS) is 25.0. The van der Waals surface area contributed by atoms with Crippen LogP contribution >= 0.6 is 0 Å². The van der Waals surface area contributed by atoms with Gasteiger partial charge in [0.1, 0.15) is 12.4 Å². The van der Waals surface area contributed by atoms with Gasteiger partial charge in [-0.2, -0.15) is 0 Å². The number of ketones is 1. The molecule has 1 aliphatic heterocycles. The van der Waals surface area contributed by atoms with Crippen LogP contribution in [0.3, 0.4) is 0 Å². The van der Waals surface area contributed by atoms with E-state index in [1.807, 2.05) is 12.1 Å². The zero-order valence-electron chi connectivity index (χ0n) is 13.3. The Kier molecular flexibility index (Phi) is 3.33. The number of ether oxygens (including phenoxy) is 3. The number of Topliss-reactive ketones (excluding diaryl/α,β-unsaturated/α-hetero) is 1. The summed E-state index contributed by atoms with van der Waals surface area (Å²) in [7, 11) is 3.11. The van der Waals surface area contributed by atoms with Crippen molar-refractivity contribution in [2.45, 2.75) is 5.92 Å². The highest BCUT2D eigenvalue weighted by atomic mass is 16.5. The van der Waals surface area contributed by atoms with Gasteiger partial charge in [-0.1, -0.05) is 6.07 Å². The van der Waals surface area contributed by atoms with Gasteiger partial charge in [0.05, 0.1) is 43.8 Å². The van der Waals surface area contributed by atoms with Gasteiger partial charge >= 0.3 is 5.97 Å². The first-order valence-corrected chi connectivity index (χ1v) is 7.66. The molecular weight excluding hydrogens is 312 g/mol. The zero-order valence-corrected chi connectivity index (χ0v) is 13.3. The highest BCUT2D eigenvalue weighted by molar-refractivity contribution is 6.04. The Morgan fingerprint density at radius 2 is 1.88 bits per heavy atom. The van der Waals surface area contributed by atoms with Gasteiger partial charge in [0, 0.05) is 0 Å². The van der Waals surface area contributed by atoms with Crippen molar-refractivity contribution in [2.24, 2.45) is 11.8 Å². The van der Waals surface area contributed by atoms with E-state index in [1.165, 1.54) is 6.26 Å². The highest BCUT2D eigenvalue weighted by Crippen LogP contribution is 2.48.